The molecule has 0 amide bonds. The topological polar surface area (TPSA) is 276 Å². The van der Waals surface area contributed by atoms with Crippen molar-refractivity contribution in [3.8, 4) is 0 Å². The van der Waals surface area contributed by atoms with Crippen LogP contribution < -0.4 is 0 Å². The monoisotopic (exact) mass is 1010 g/mol. The van der Waals surface area contributed by atoms with Crippen molar-refractivity contribution in [3.63, 3.8) is 0 Å². The lowest BCUT2D eigenvalue weighted by Gasteiger charge is -2.43. The highest BCUT2D eigenvalue weighted by Gasteiger charge is 2.54. The van der Waals surface area contributed by atoms with Gasteiger partial charge in [-0.25, -0.2) is 9.13 Å². The minimum absolute atomic E-state index is 0.0946. The lowest BCUT2D eigenvalue weighted by Crippen LogP contribution is -2.64. The molecule has 0 bridgehead atoms. The number of phosphoric acid groups is 2. The molecule has 0 radical (unpaired) electrons. The van der Waals surface area contributed by atoms with Gasteiger partial charge in [-0.2, -0.15) is 0 Å². The first-order valence-electron chi connectivity index (χ1n) is 24.6. The largest absolute Gasteiger partial charge is 0.472 e. The molecule has 0 spiro atoms. The Hall–Kier alpha value is -2.60. The number of hydrogen-bond acceptors (Lipinski definition) is 14. The van der Waals surface area contributed by atoms with Gasteiger partial charge in [0, 0.05) is 12.8 Å². The van der Waals surface area contributed by atoms with Gasteiger partial charge in [0.25, 0.3) is 0 Å². The summed E-state index contributed by atoms with van der Waals surface area (Å²) in [6.45, 7) is 2.87. The summed E-state index contributed by atoms with van der Waals surface area (Å²) in [4.78, 5) is 54.3. The number of aliphatic hydroxyl groups is 5. The summed E-state index contributed by atoms with van der Waals surface area (Å²) in [6, 6.07) is 0. The van der Waals surface area contributed by atoms with E-state index in [-0.39, 0.29) is 19.3 Å². The average molecular weight is 1010 g/mol. The van der Waals surface area contributed by atoms with Crippen molar-refractivity contribution in [2.75, 3.05) is 13.2 Å². The summed E-state index contributed by atoms with van der Waals surface area (Å²) >= 11 is 0. The standard InChI is InChI=1S/C49H84O17P2/c1-3-5-7-9-11-12-13-14-15-16-17-21-24-28-32-36-42(51)62-38-41(39-63-68(60,61)66-49-46(55)44(53)45(54)48(47(49)56)65-67(57,58)59)64-43(52)37-33-29-25-22-19-18-20-23-27-31-35-40(50)34-30-26-10-8-6-4-2/h6,8,18-19,23,25-27,29-31,35,40-41,44-50,53-56H,3-5,7,9-17,20-22,24,28,32-34,36-39H2,1-2H3,(H,60,61)(H2,57,58,59)/b8-6-,19-18-,27-23-,29-25-,30-26-,35-31+/t40?,41-,44?,45?,46?,47?,48-,49+/m1/s1. The number of esters is 2. The van der Waals surface area contributed by atoms with E-state index in [1.807, 2.05) is 42.5 Å². The number of allylic oxidation sites excluding steroid dienone is 10. The molecule has 68 heavy (non-hydrogen) atoms. The Morgan fingerprint density at radius 2 is 1.07 bits per heavy atom. The minimum atomic E-state index is -5.38. The van der Waals surface area contributed by atoms with E-state index in [4.69, 9.17) is 18.5 Å². The molecule has 1 aliphatic rings. The zero-order valence-corrected chi connectivity index (χ0v) is 42.2. The first kappa shape index (κ1) is 63.4. The summed E-state index contributed by atoms with van der Waals surface area (Å²) in [5.41, 5.74) is 0. The van der Waals surface area contributed by atoms with Crippen LogP contribution in [-0.4, -0.2) is 114 Å². The van der Waals surface area contributed by atoms with E-state index in [1.165, 1.54) is 64.2 Å². The quantitative estimate of drug-likeness (QED) is 0.00938. The van der Waals surface area contributed by atoms with Crippen LogP contribution in [0.2, 0.25) is 0 Å². The highest BCUT2D eigenvalue weighted by Crippen LogP contribution is 2.49. The fourth-order valence-corrected chi connectivity index (χ4v) is 8.62. The van der Waals surface area contributed by atoms with Gasteiger partial charge in [0.2, 0.25) is 0 Å². The van der Waals surface area contributed by atoms with Gasteiger partial charge in [-0.1, -0.05) is 177 Å². The summed E-state index contributed by atoms with van der Waals surface area (Å²) < 4.78 is 49.3. The molecular formula is C49H84O17P2. The molecule has 0 aromatic carbocycles. The smallest absolute Gasteiger partial charge is 0.462 e. The number of aliphatic hydroxyl groups excluding tert-OH is 5. The zero-order valence-electron chi connectivity index (χ0n) is 40.4. The summed E-state index contributed by atoms with van der Waals surface area (Å²) in [5, 5.41) is 51.3. The molecule has 17 nitrogen and oxygen atoms in total. The lowest BCUT2D eigenvalue weighted by molar-refractivity contribution is -0.216. The Morgan fingerprint density at radius 3 is 1.65 bits per heavy atom. The second kappa shape index (κ2) is 39.1. The van der Waals surface area contributed by atoms with E-state index in [0.29, 0.717) is 25.7 Å². The van der Waals surface area contributed by atoms with Crippen molar-refractivity contribution in [2.24, 2.45) is 0 Å². The molecule has 1 rings (SSSR count). The predicted octanol–water partition coefficient (Wildman–Crippen LogP) is 8.59. The fraction of sp³-hybridized carbons (Fsp3) is 0.714. The molecule has 0 heterocycles. The zero-order chi connectivity index (χ0) is 50.5. The van der Waals surface area contributed by atoms with Crippen molar-refractivity contribution in [1.82, 2.24) is 0 Å². The van der Waals surface area contributed by atoms with Gasteiger partial charge in [0.1, 0.15) is 43.2 Å². The Morgan fingerprint density at radius 1 is 0.559 bits per heavy atom. The predicted molar refractivity (Wildman–Crippen MR) is 261 cm³/mol. The Balaban J connectivity index is 2.65. The van der Waals surface area contributed by atoms with Crippen LogP contribution in [0.15, 0.2) is 72.9 Å². The highest BCUT2D eigenvalue weighted by atomic mass is 31.2. The van der Waals surface area contributed by atoms with Gasteiger partial charge < -0.3 is 49.7 Å². The summed E-state index contributed by atoms with van der Waals surface area (Å²) in [7, 11) is -10.7. The summed E-state index contributed by atoms with van der Waals surface area (Å²) in [6.07, 6.45) is 28.9. The first-order valence-corrected chi connectivity index (χ1v) is 27.6. The SMILES string of the molecule is CC/C=C\C/C=C\CC(O)/C=C/C=C\C/C=C\C/C=C\CCC(=O)O[C@H](COC(=O)CCCCCCCCCCCCCCCCC)COP(=O)(O)O[C@H]1C(O)C(O)C(O)[C@@H](OP(=O)(O)O)C1O. The molecule has 1 fully saturated rings. The van der Waals surface area contributed by atoms with Gasteiger partial charge in [0.15, 0.2) is 6.10 Å². The molecule has 1 aliphatic carbocycles. The van der Waals surface area contributed by atoms with E-state index in [2.05, 4.69) is 30.5 Å². The highest BCUT2D eigenvalue weighted by molar-refractivity contribution is 7.47. The lowest BCUT2D eigenvalue weighted by atomic mass is 9.85. The van der Waals surface area contributed by atoms with Crippen LogP contribution in [0.4, 0.5) is 0 Å². The van der Waals surface area contributed by atoms with Crippen LogP contribution in [0, 0.1) is 0 Å². The number of unbranched alkanes of at least 4 members (excludes halogenated alkanes) is 14. The van der Waals surface area contributed by atoms with Gasteiger partial charge in [0.05, 0.1) is 12.7 Å². The van der Waals surface area contributed by atoms with Crippen LogP contribution in [-0.2, 0) is 41.8 Å². The third-order valence-corrected chi connectivity index (χ3v) is 12.4. The van der Waals surface area contributed by atoms with Crippen LogP contribution in [0.5, 0.6) is 0 Å². The van der Waals surface area contributed by atoms with Gasteiger partial charge in [-0.3, -0.25) is 23.2 Å². The summed E-state index contributed by atoms with van der Waals surface area (Å²) in [5.74, 6) is -1.33. The molecular weight excluding hydrogens is 922 g/mol. The Bertz CT molecular complexity index is 1610. The maximum atomic E-state index is 13.0. The van der Waals surface area contributed by atoms with Gasteiger partial charge in [-0.05, 0) is 44.9 Å². The van der Waals surface area contributed by atoms with E-state index in [1.54, 1.807) is 18.2 Å². The second-order valence-electron chi connectivity index (χ2n) is 17.0. The van der Waals surface area contributed by atoms with Gasteiger partial charge in [-0.15, -0.1) is 0 Å². The maximum absolute atomic E-state index is 13.0. The van der Waals surface area contributed by atoms with Crippen molar-refractivity contribution >= 4 is 27.6 Å². The van der Waals surface area contributed by atoms with Crippen molar-refractivity contribution in [3.05, 3.63) is 72.9 Å². The molecule has 1 saturated carbocycles. The number of ether oxygens (including phenoxy) is 2. The van der Waals surface area contributed by atoms with E-state index < -0.39 is 89.6 Å². The number of carbonyl (C=O) groups excluding carboxylic acids is 2. The molecule has 8 N–H and O–H groups in total. The van der Waals surface area contributed by atoms with E-state index in [9.17, 15) is 58.9 Å². The first-order chi connectivity index (χ1) is 32.5. The third-order valence-electron chi connectivity index (χ3n) is 10.9. The molecule has 0 aromatic rings. The number of carbonyl (C=O) groups is 2. The molecule has 9 atom stereocenters. The number of rotatable bonds is 40. The third kappa shape index (κ3) is 33.1. The number of hydrogen-bond donors (Lipinski definition) is 8. The Kier molecular flexibility index (Phi) is 36.4. The van der Waals surface area contributed by atoms with Crippen LogP contribution in [0.1, 0.15) is 162 Å². The molecule has 0 aromatic heterocycles. The van der Waals surface area contributed by atoms with Gasteiger partial charge >= 0.3 is 27.6 Å². The van der Waals surface area contributed by atoms with Crippen molar-refractivity contribution in [2.45, 2.75) is 210 Å². The molecule has 392 valence electrons. The van der Waals surface area contributed by atoms with Crippen molar-refractivity contribution < 1.29 is 82.0 Å². The number of phosphoric ester groups is 2. The van der Waals surface area contributed by atoms with E-state index >= 15 is 0 Å². The fourth-order valence-electron chi connectivity index (χ4n) is 7.08. The van der Waals surface area contributed by atoms with Crippen LogP contribution in [0.3, 0.4) is 0 Å². The van der Waals surface area contributed by atoms with E-state index in [0.717, 1.165) is 38.5 Å². The molecule has 6 unspecified atom stereocenters. The maximum Gasteiger partial charge on any atom is 0.472 e. The van der Waals surface area contributed by atoms with Crippen molar-refractivity contribution in [1.29, 1.82) is 0 Å². The minimum Gasteiger partial charge on any atom is -0.462 e. The molecule has 0 aliphatic heterocycles. The second-order valence-corrected chi connectivity index (χ2v) is 19.6. The molecule has 0 saturated heterocycles. The molecule has 19 heteroatoms. The van der Waals surface area contributed by atoms with Crippen LogP contribution >= 0.6 is 15.6 Å². The Labute approximate surface area is 404 Å². The average Bonchev–Trinajstić information content (AvgIpc) is 3.29. The normalized spacial score (nSPS) is 22.3. The van der Waals surface area contributed by atoms with Crippen LogP contribution in [0.25, 0.3) is 0 Å².